The van der Waals surface area contributed by atoms with Crippen LogP contribution < -0.4 is 5.32 Å². The topological polar surface area (TPSA) is 55.4 Å². The second-order valence-electron chi connectivity index (χ2n) is 3.61. The molecule has 0 fully saturated rings. The summed E-state index contributed by atoms with van der Waals surface area (Å²) in [5, 5.41) is 3.04. The van der Waals surface area contributed by atoms with Gasteiger partial charge in [0, 0.05) is 5.56 Å². The zero-order chi connectivity index (χ0) is 13.8. The first-order chi connectivity index (χ1) is 9.11. The summed E-state index contributed by atoms with van der Waals surface area (Å²) in [5.74, 6) is -0.837. The predicted octanol–water partition coefficient (Wildman–Crippen LogP) is 3.44. The molecule has 1 aromatic carbocycles. The van der Waals surface area contributed by atoms with Gasteiger partial charge in [0.1, 0.15) is 5.00 Å². The van der Waals surface area contributed by atoms with E-state index in [1.54, 1.807) is 24.3 Å². The molecule has 0 unspecified atom stereocenters. The van der Waals surface area contributed by atoms with Crippen molar-refractivity contribution < 1.29 is 14.3 Å². The Hall–Kier alpha value is -1.85. The number of benzene rings is 1. The number of hydrogen-bond donors (Lipinski definition) is 1. The number of ether oxygens (including phenoxy) is 1. The number of hydrogen-bond acceptors (Lipinski definition) is 4. The summed E-state index contributed by atoms with van der Waals surface area (Å²) in [6.07, 6.45) is 0. The Morgan fingerprint density at radius 1 is 1.26 bits per heavy atom. The van der Waals surface area contributed by atoms with Gasteiger partial charge < -0.3 is 10.1 Å². The first kappa shape index (κ1) is 13.6. The highest BCUT2D eigenvalue weighted by atomic mass is 35.5. The predicted molar refractivity (Wildman–Crippen MR) is 75.1 cm³/mol. The zero-order valence-corrected chi connectivity index (χ0v) is 11.5. The highest BCUT2D eigenvalue weighted by molar-refractivity contribution is 7.20. The number of carbonyl (C=O) groups excluding carboxylic acids is 2. The Morgan fingerprint density at radius 2 is 1.95 bits per heavy atom. The van der Waals surface area contributed by atoms with Gasteiger partial charge in [-0.3, -0.25) is 4.79 Å². The second-order valence-corrected chi connectivity index (χ2v) is 5.29. The molecule has 0 spiro atoms. The highest BCUT2D eigenvalue weighted by Crippen LogP contribution is 2.32. The number of nitrogens with one attached hydrogen (secondary N) is 1. The first-order valence-electron chi connectivity index (χ1n) is 5.36. The Balaban J connectivity index is 2.24. The van der Waals surface area contributed by atoms with Crippen molar-refractivity contribution in [3.05, 3.63) is 51.9 Å². The highest BCUT2D eigenvalue weighted by Gasteiger charge is 2.18. The summed E-state index contributed by atoms with van der Waals surface area (Å²) in [5.41, 5.74) is 0.754. The van der Waals surface area contributed by atoms with E-state index in [4.69, 9.17) is 11.6 Å². The van der Waals surface area contributed by atoms with Crippen molar-refractivity contribution in [2.75, 3.05) is 12.4 Å². The van der Waals surface area contributed by atoms with Gasteiger partial charge in [-0.2, -0.15) is 0 Å². The molecule has 0 aliphatic carbocycles. The van der Waals surface area contributed by atoms with E-state index < -0.39 is 5.97 Å². The molecular formula is C13H10ClNO3S. The second kappa shape index (κ2) is 5.86. The van der Waals surface area contributed by atoms with Gasteiger partial charge in [0.05, 0.1) is 17.0 Å². The molecule has 19 heavy (non-hydrogen) atoms. The van der Waals surface area contributed by atoms with Crippen molar-refractivity contribution in [1.29, 1.82) is 0 Å². The Bertz CT molecular complexity index is 610. The molecule has 0 atom stereocenters. The van der Waals surface area contributed by atoms with Crippen LogP contribution in [0.2, 0.25) is 4.34 Å². The Morgan fingerprint density at radius 3 is 2.58 bits per heavy atom. The molecule has 98 valence electrons. The molecule has 1 amide bonds. The van der Waals surface area contributed by atoms with Crippen LogP contribution in [0.25, 0.3) is 0 Å². The monoisotopic (exact) mass is 295 g/mol. The van der Waals surface area contributed by atoms with Crippen LogP contribution >= 0.6 is 22.9 Å². The summed E-state index contributed by atoms with van der Waals surface area (Å²) in [6, 6.07) is 10.2. The molecule has 0 bridgehead atoms. The number of esters is 1. The number of amides is 1. The van der Waals surface area contributed by atoms with E-state index in [-0.39, 0.29) is 11.5 Å². The molecule has 1 heterocycles. The maximum Gasteiger partial charge on any atom is 0.340 e. The number of halogens is 1. The van der Waals surface area contributed by atoms with Crippen LogP contribution in [-0.2, 0) is 4.74 Å². The molecule has 6 heteroatoms. The van der Waals surface area contributed by atoms with Gasteiger partial charge in [0.2, 0.25) is 0 Å². The fourth-order valence-electron chi connectivity index (χ4n) is 1.48. The quantitative estimate of drug-likeness (QED) is 0.883. The van der Waals surface area contributed by atoms with Gasteiger partial charge in [-0.25, -0.2) is 4.79 Å². The SMILES string of the molecule is COC(=O)c1cc(Cl)sc1NC(=O)c1ccccc1. The average Bonchev–Trinajstić information content (AvgIpc) is 2.79. The van der Waals surface area contributed by atoms with E-state index in [1.807, 2.05) is 6.07 Å². The third-order valence-corrected chi connectivity index (χ3v) is 3.55. The van der Waals surface area contributed by atoms with Crippen molar-refractivity contribution >= 4 is 39.8 Å². The molecule has 2 aromatic rings. The molecule has 0 aliphatic rings. The number of methoxy groups -OCH3 is 1. The molecule has 2 rings (SSSR count). The molecule has 0 radical (unpaired) electrons. The Labute approximate surface area is 119 Å². The summed E-state index contributed by atoms with van der Waals surface area (Å²) in [6.45, 7) is 0. The van der Waals surface area contributed by atoms with E-state index in [0.29, 0.717) is 14.9 Å². The summed E-state index contributed by atoms with van der Waals surface area (Å²) in [4.78, 5) is 23.5. The fraction of sp³-hybridized carbons (Fsp3) is 0.0769. The lowest BCUT2D eigenvalue weighted by Gasteiger charge is -2.04. The molecule has 1 N–H and O–H groups in total. The lowest BCUT2D eigenvalue weighted by Crippen LogP contribution is -2.13. The maximum atomic E-state index is 12.0. The third-order valence-electron chi connectivity index (χ3n) is 2.37. The van der Waals surface area contributed by atoms with E-state index in [1.165, 1.54) is 13.2 Å². The lowest BCUT2D eigenvalue weighted by atomic mass is 10.2. The van der Waals surface area contributed by atoms with Gasteiger partial charge in [-0.15, -0.1) is 11.3 Å². The van der Waals surface area contributed by atoms with Crippen LogP contribution in [0, 0.1) is 0 Å². The van der Waals surface area contributed by atoms with Crippen LogP contribution in [0.15, 0.2) is 36.4 Å². The van der Waals surface area contributed by atoms with Crippen LogP contribution in [0.1, 0.15) is 20.7 Å². The molecular weight excluding hydrogens is 286 g/mol. The summed E-state index contributed by atoms with van der Waals surface area (Å²) >= 11 is 6.97. The van der Waals surface area contributed by atoms with Crippen LogP contribution in [0.3, 0.4) is 0 Å². The summed E-state index contributed by atoms with van der Waals surface area (Å²) in [7, 11) is 1.27. The van der Waals surface area contributed by atoms with Crippen molar-refractivity contribution in [2.24, 2.45) is 0 Å². The van der Waals surface area contributed by atoms with Crippen molar-refractivity contribution in [3.8, 4) is 0 Å². The lowest BCUT2D eigenvalue weighted by molar-refractivity contribution is 0.0602. The van der Waals surface area contributed by atoms with E-state index in [0.717, 1.165) is 11.3 Å². The van der Waals surface area contributed by atoms with Gasteiger partial charge in [0.15, 0.2) is 0 Å². The van der Waals surface area contributed by atoms with Crippen LogP contribution in [0.5, 0.6) is 0 Å². The van der Waals surface area contributed by atoms with Crippen LogP contribution in [-0.4, -0.2) is 19.0 Å². The van der Waals surface area contributed by atoms with Gasteiger partial charge in [-0.05, 0) is 18.2 Å². The summed E-state index contributed by atoms with van der Waals surface area (Å²) < 4.78 is 5.04. The van der Waals surface area contributed by atoms with E-state index in [9.17, 15) is 9.59 Å². The fourth-order valence-corrected chi connectivity index (χ4v) is 2.59. The minimum atomic E-state index is -0.536. The van der Waals surface area contributed by atoms with Gasteiger partial charge in [-0.1, -0.05) is 29.8 Å². The van der Waals surface area contributed by atoms with E-state index in [2.05, 4.69) is 10.1 Å². The first-order valence-corrected chi connectivity index (χ1v) is 6.55. The number of carbonyl (C=O) groups is 2. The third kappa shape index (κ3) is 3.13. The molecule has 0 saturated carbocycles. The average molecular weight is 296 g/mol. The normalized spacial score (nSPS) is 10.0. The molecule has 4 nitrogen and oxygen atoms in total. The Kier molecular flexibility index (Phi) is 4.19. The van der Waals surface area contributed by atoms with Crippen molar-refractivity contribution in [2.45, 2.75) is 0 Å². The number of anilines is 1. The van der Waals surface area contributed by atoms with Crippen LogP contribution in [0.4, 0.5) is 5.00 Å². The molecule has 1 aromatic heterocycles. The largest absolute Gasteiger partial charge is 0.465 e. The zero-order valence-electron chi connectivity index (χ0n) is 9.98. The van der Waals surface area contributed by atoms with Crippen molar-refractivity contribution in [3.63, 3.8) is 0 Å². The number of thiophene rings is 1. The van der Waals surface area contributed by atoms with Crippen molar-refractivity contribution in [1.82, 2.24) is 0 Å². The minimum Gasteiger partial charge on any atom is -0.465 e. The standard InChI is InChI=1S/C13H10ClNO3S/c1-18-13(17)9-7-10(14)19-12(9)15-11(16)8-5-3-2-4-6-8/h2-7H,1H3,(H,15,16). The van der Waals surface area contributed by atoms with Gasteiger partial charge >= 0.3 is 5.97 Å². The molecule has 0 saturated heterocycles. The minimum absolute atomic E-state index is 0.252. The smallest absolute Gasteiger partial charge is 0.340 e. The maximum absolute atomic E-state index is 12.0. The number of rotatable bonds is 3. The van der Waals surface area contributed by atoms with E-state index >= 15 is 0 Å². The molecule has 0 aliphatic heterocycles. The van der Waals surface area contributed by atoms with Gasteiger partial charge in [0.25, 0.3) is 5.91 Å².